The molecule has 19 heavy (non-hydrogen) atoms. The Balaban J connectivity index is 2.58. The zero-order chi connectivity index (χ0) is 14.3. The topological polar surface area (TPSA) is 54.4 Å². The normalized spacial score (nSPS) is 13.4. The van der Waals surface area contributed by atoms with Crippen LogP contribution in [0.15, 0.2) is 28.7 Å². The van der Waals surface area contributed by atoms with Crippen molar-refractivity contribution in [2.45, 2.75) is 26.2 Å². The molecule has 0 heterocycles. The largest absolute Gasteiger partial charge is 0.396 e. The standard InChI is InChI=1S/C14H21BrO3S/c1-2-8-19(17,18)9-7-12(11-16)10-13-5-3-4-6-14(13)15/h3-6,12,16H,2,7-11H2,1H3. The molecule has 0 aromatic heterocycles. The molecule has 108 valence electrons. The molecule has 1 atom stereocenters. The Morgan fingerprint density at radius 3 is 2.53 bits per heavy atom. The van der Waals surface area contributed by atoms with Gasteiger partial charge in [0.25, 0.3) is 0 Å². The Hall–Kier alpha value is -0.390. The third-order valence-electron chi connectivity index (χ3n) is 3.08. The maximum Gasteiger partial charge on any atom is 0.150 e. The second-order valence-corrected chi connectivity index (χ2v) is 7.94. The summed E-state index contributed by atoms with van der Waals surface area (Å²) < 4.78 is 24.4. The Kier molecular flexibility index (Phi) is 7.04. The summed E-state index contributed by atoms with van der Waals surface area (Å²) in [5.74, 6) is 0.391. The number of sulfone groups is 1. The van der Waals surface area contributed by atoms with E-state index in [-0.39, 0.29) is 24.0 Å². The minimum atomic E-state index is -2.96. The van der Waals surface area contributed by atoms with Gasteiger partial charge in [0.05, 0.1) is 5.75 Å². The molecule has 1 rings (SSSR count). The van der Waals surface area contributed by atoms with Crippen LogP contribution >= 0.6 is 15.9 Å². The van der Waals surface area contributed by atoms with E-state index in [0.29, 0.717) is 19.3 Å². The number of aliphatic hydroxyl groups excluding tert-OH is 1. The number of hydrogen-bond donors (Lipinski definition) is 1. The lowest BCUT2D eigenvalue weighted by atomic mass is 9.98. The average molecular weight is 349 g/mol. The van der Waals surface area contributed by atoms with Gasteiger partial charge in [0.1, 0.15) is 9.84 Å². The highest BCUT2D eigenvalue weighted by molar-refractivity contribution is 9.10. The zero-order valence-corrected chi connectivity index (χ0v) is 13.6. The van der Waals surface area contributed by atoms with Crippen LogP contribution in [0.3, 0.4) is 0 Å². The van der Waals surface area contributed by atoms with Crippen LogP contribution in [0.1, 0.15) is 25.3 Å². The molecule has 0 saturated heterocycles. The van der Waals surface area contributed by atoms with Gasteiger partial charge in [-0.05, 0) is 36.8 Å². The minimum absolute atomic E-state index is 0.00895. The highest BCUT2D eigenvalue weighted by Gasteiger charge is 2.16. The van der Waals surface area contributed by atoms with Crippen LogP contribution in [0.2, 0.25) is 0 Å². The van der Waals surface area contributed by atoms with Crippen molar-refractivity contribution < 1.29 is 13.5 Å². The number of aliphatic hydroxyl groups is 1. The van der Waals surface area contributed by atoms with E-state index in [2.05, 4.69) is 15.9 Å². The molecular formula is C14H21BrO3S. The maximum atomic E-state index is 11.7. The second-order valence-electron chi connectivity index (χ2n) is 4.78. The first-order valence-electron chi connectivity index (χ1n) is 6.53. The third kappa shape index (κ3) is 6.06. The lowest BCUT2D eigenvalue weighted by molar-refractivity contribution is 0.222. The van der Waals surface area contributed by atoms with Crippen LogP contribution in [-0.4, -0.2) is 31.6 Å². The molecule has 0 aliphatic carbocycles. The Labute approximate surface area is 124 Å². The molecule has 0 fully saturated rings. The summed E-state index contributed by atoms with van der Waals surface area (Å²) in [6.45, 7) is 1.88. The number of rotatable bonds is 8. The number of benzene rings is 1. The Morgan fingerprint density at radius 2 is 1.95 bits per heavy atom. The number of hydrogen-bond acceptors (Lipinski definition) is 3. The van der Waals surface area contributed by atoms with Crippen molar-refractivity contribution in [2.75, 3.05) is 18.1 Å². The van der Waals surface area contributed by atoms with Crippen LogP contribution in [0.5, 0.6) is 0 Å². The molecule has 1 aromatic carbocycles. The van der Waals surface area contributed by atoms with Gasteiger partial charge in [-0.15, -0.1) is 0 Å². The molecular weight excluding hydrogens is 328 g/mol. The van der Waals surface area contributed by atoms with Gasteiger partial charge in [-0.2, -0.15) is 0 Å². The SMILES string of the molecule is CCCS(=O)(=O)CCC(CO)Cc1ccccc1Br. The average Bonchev–Trinajstić information content (AvgIpc) is 2.36. The van der Waals surface area contributed by atoms with Crippen molar-refractivity contribution >= 4 is 25.8 Å². The zero-order valence-electron chi connectivity index (χ0n) is 11.2. The first-order valence-corrected chi connectivity index (χ1v) is 9.14. The lowest BCUT2D eigenvalue weighted by Crippen LogP contribution is -2.18. The summed E-state index contributed by atoms with van der Waals surface area (Å²) >= 11 is 3.47. The summed E-state index contributed by atoms with van der Waals surface area (Å²) in [5.41, 5.74) is 1.11. The molecule has 5 heteroatoms. The van der Waals surface area contributed by atoms with Crippen molar-refractivity contribution in [3.05, 3.63) is 34.3 Å². The van der Waals surface area contributed by atoms with Crippen LogP contribution in [0, 0.1) is 5.92 Å². The van der Waals surface area contributed by atoms with Gasteiger partial charge >= 0.3 is 0 Å². The van der Waals surface area contributed by atoms with E-state index in [1.54, 1.807) is 0 Å². The smallest absolute Gasteiger partial charge is 0.150 e. The summed E-state index contributed by atoms with van der Waals surface area (Å²) in [5, 5.41) is 9.39. The van der Waals surface area contributed by atoms with Crippen molar-refractivity contribution in [3.8, 4) is 0 Å². The molecule has 0 amide bonds. The Bertz CT molecular complexity index is 485. The fraction of sp³-hybridized carbons (Fsp3) is 0.571. The summed E-state index contributed by atoms with van der Waals surface area (Å²) in [6.07, 6.45) is 1.86. The van der Waals surface area contributed by atoms with Crippen molar-refractivity contribution in [1.29, 1.82) is 0 Å². The number of halogens is 1. The first kappa shape index (κ1) is 16.7. The van der Waals surface area contributed by atoms with E-state index in [9.17, 15) is 13.5 Å². The molecule has 0 spiro atoms. The molecule has 0 radical (unpaired) electrons. The molecule has 1 N–H and O–H groups in total. The van der Waals surface area contributed by atoms with Crippen LogP contribution in [0.4, 0.5) is 0 Å². The minimum Gasteiger partial charge on any atom is -0.396 e. The van der Waals surface area contributed by atoms with E-state index < -0.39 is 9.84 Å². The highest BCUT2D eigenvalue weighted by Crippen LogP contribution is 2.21. The Morgan fingerprint density at radius 1 is 1.26 bits per heavy atom. The monoisotopic (exact) mass is 348 g/mol. The quantitative estimate of drug-likeness (QED) is 0.785. The van der Waals surface area contributed by atoms with E-state index in [4.69, 9.17) is 0 Å². The van der Waals surface area contributed by atoms with Gasteiger partial charge in [0, 0.05) is 16.8 Å². The van der Waals surface area contributed by atoms with Gasteiger partial charge < -0.3 is 5.11 Å². The van der Waals surface area contributed by atoms with Gasteiger partial charge in [-0.1, -0.05) is 41.1 Å². The molecule has 1 aromatic rings. The first-order chi connectivity index (χ1) is 8.98. The molecule has 0 bridgehead atoms. The van der Waals surface area contributed by atoms with Crippen molar-refractivity contribution in [3.63, 3.8) is 0 Å². The highest BCUT2D eigenvalue weighted by atomic mass is 79.9. The van der Waals surface area contributed by atoms with E-state index in [1.807, 2.05) is 31.2 Å². The van der Waals surface area contributed by atoms with E-state index >= 15 is 0 Å². The second kappa shape index (κ2) is 8.02. The van der Waals surface area contributed by atoms with Crippen LogP contribution < -0.4 is 0 Å². The predicted octanol–water partition coefficient (Wildman–Crippen LogP) is 2.82. The van der Waals surface area contributed by atoms with E-state index in [1.165, 1.54) is 0 Å². The van der Waals surface area contributed by atoms with Gasteiger partial charge in [-0.25, -0.2) is 8.42 Å². The van der Waals surface area contributed by atoms with Crippen LogP contribution in [-0.2, 0) is 16.3 Å². The van der Waals surface area contributed by atoms with Gasteiger partial charge in [0.2, 0.25) is 0 Å². The fourth-order valence-electron chi connectivity index (χ4n) is 1.99. The molecule has 1 unspecified atom stereocenters. The summed E-state index contributed by atoms with van der Waals surface area (Å²) in [6, 6.07) is 7.83. The van der Waals surface area contributed by atoms with Crippen LogP contribution in [0.25, 0.3) is 0 Å². The summed E-state index contributed by atoms with van der Waals surface area (Å²) in [4.78, 5) is 0. The van der Waals surface area contributed by atoms with E-state index in [0.717, 1.165) is 10.0 Å². The predicted molar refractivity (Wildman–Crippen MR) is 82.0 cm³/mol. The fourth-order valence-corrected chi connectivity index (χ4v) is 3.96. The lowest BCUT2D eigenvalue weighted by Gasteiger charge is -2.15. The summed E-state index contributed by atoms with van der Waals surface area (Å²) in [7, 11) is -2.96. The molecule has 3 nitrogen and oxygen atoms in total. The molecule has 0 saturated carbocycles. The molecule has 0 aliphatic rings. The van der Waals surface area contributed by atoms with Gasteiger partial charge in [-0.3, -0.25) is 0 Å². The van der Waals surface area contributed by atoms with Crippen molar-refractivity contribution in [1.82, 2.24) is 0 Å². The van der Waals surface area contributed by atoms with Crippen molar-refractivity contribution in [2.24, 2.45) is 5.92 Å². The van der Waals surface area contributed by atoms with Gasteiger partial charge in [0.15, 0.2) is 0 Å². The maximum absolute atomic E-state index is 11.7. The molecule has 0 aliphatic heterocycles. The third-order valence-corrected chi connectivity index (χ3v) is 5.74.